The van der Waals surface area contributed by atoms with Crippen LogP contribution in [-0.4, -0.2) is 47.0 Å². The molecule has 1 aliphatic heterocycles. The first-order chi connectivity index (χ1) is 9.08. The van der Waals surface area contributed by atoms with E-state index in [1.807, 2.05) is 18.7 Å². The van der Waals surface area contributed by atoms with Crippen LogP contribution in [0.4, 0.5) is 0 Å². The molecule has 6 nitrogen and oxygen atoms in total. The fourth-order valence-electron chi connectivity index (χ4n) is 2.43. The topological polar surface area (TPSA) is 91.0 Å². The number of piperidine rings is 1. The molecule has 0 aromatic rings. The lowest BCUT2D eigenvalue weighted by molar-refractivity contribution is -0.134. The van der Waals surface area contributed by atoms with Gasteiger partial charge in [0.1, 0.15) is 5.84 Å². The summed E-state index contributed by atoms with van der Waals surface area (Å²) in [5, 5.41) is 14.8. The molecule has 0 saturated carbocycles. The zero-order chi connectivity index (χ0) is 14.3. The highest BCUT2D eigenvalue weighted by Crippen LogP contribution is 2.10. The smallest absolute Gasteiger partial charge is 0.239 e. The zero-order valence-corrected chi connectivity index (χ0v) is 11.9. The number of hydrogen-bond donors (Lipinski definition) is 3. The van der Waals surface area contributed by atoms with E-state index in [4.69, 9.17) is 10.9 Å². The average molecular weight is 270 g/mol. The van der Waals surface area contributed by atoms with Crippen LogP contribution in [-0.2, 0) is 4.79 Å². The van der Waals surface area contributed by atoms with E-state index in [1.165, 1.54) is 6.42 Å². The third-order valence-corrected chi connectivity index (χ3v) is 3.60. The Bertz CT molecular complexity index is 314. The van der Waals surface area contributed by atoms with Crippen LogP contribution in [0.25, 0.3) is 0 Å². The normalized spacial score (nSPS) is 20.1. The van der Waals surface area contributed by atoms with Gasteiger partial charge in [0.15, 0.2) is 0 Å². The highest BCUT2D eigenvalue weighted by molar-refractivity contribution is 5.82. The Kier molecular flexibility index (Phi) is 6.62. The highest BCUT2D eigenvalue weighted by atomic mass is 16.4. The number of amidine groups is 1. The molecule has 1 saturated heterocycles. The lowest BCUT2D eigenvalue weighted by Gasteiger charge is -2.31. The summed E-state index contributed by atoms with van der Waals surface area (Å²) in [6.07, 6.45) is 4.69. The average Bonchev–Trinajstić information content (AvgIpc) is 2.46. The third kappa shape index (κ3) is 5.06. The van der Waals surface area contributed by atoms with Gasteiger partial charge in [-0.1, -0.05) is 12.1 Å². The quantitative estimate of drug-likeness (QED) is 0.289. The minimum atomic E-state index is -0.227. The fourth-order valence-corrected chi connectivity index (χ4v) is 2.43. The number of carbonyl (C=O) groups is 1. The molecule has 0 aliphatic carbocycles. The number of nitrogens with one attached hydrogen (secondary N) is 1. The van der Waals surface area contributed by atoms with Gasteiger partial charge in [-0.2, -0.15) is 0 Å². The predicted octanol–water partition coefficient (Wildman–Crippen LogP) is 0.892. The summed E-state index contributed by atoms with van der Waals surface area (Å²) in [6, 6.07) is -0.172. The monoisotopic (exact) mass is 270 g/mol. The first kappa shape index (κ1) is 15.8. The van der Waals surface area contributed by atoms with Crippen molar-refractivity contribution in [3.63, 3.8) is 0 Å². The van der Waals surface area contributed by atoms with Crippen molar-refractivity contribution in [3.05, 3.63) is 0 Å². The summed E-state index contributed by atoms with van der Waals surface area (Å²) >= 11 is 0. The molecule has 4 N–H and O–H groups in total. The predicted molar refractivity (Wildman–Crippen MR) is 75.1 cm³/mol. The van der Waals surface area contributed by atoms with Gasteiger partial charge in [-0.05, 0) is 32.6 Å². The van der Waals surface area contributed by atoms with E-state index in [0.717, 1.165) is 32.4 Å². The fraction of sp³-hybridized carbons (Fsp3) is 0.846. The van der Waals surface area contributed by atoms with Gasteiger partial charge in [-0.3, -0.25) is 4.79 Å². The summed E-state index contributed by atoms with van der Waals surface area (Å²) in [5.41, 5.74) is 5.51. The molecule has 0 radical (unpaired) electrons. The van der Waals surface area contributed by atoms with E-state index >= 15 is 0 Å². The van der Waals surface area contributed by atoms with Crippen molar-refractivity contribution in [1.29, 1.82) is 0 Å². The Labute approximate surface area is 115 Å². The Morgan fingerprint density at radius 3 is 2.58 bits per heavy atom. The number of rotatable bonds is 6. The molecule has 0 aromatic carbocycles. The van der Waals surface area contributed by atoms with Gasteiger partial charge in [0, 0.05) is 25.6 Å². The highest BCUT2D eigenvalue weighted by Gasteiger charge is 2.23. The van der Waals surface area contributed by atoms with Crippen molar-refractivity contribution in [2.75, 3.05) is 13.1 Å². The maximum Gasteiger partial charge on any atom is 0.239 e. The van der Waals surface area contributed by atoms with Gasteiger partial charge < -0.3 is 21.2 Å². The summed E-state index contributed by atoms with van der Waals surface area (Å²) in [5.74, 6) is 0.342. The van der Waals surface area contributed by atoms with Crippen LogP contribution in [0.3, 0.4) is 0 Å². The van der Waals surface area contributed by atoms with Gasteiger partial charge in [-0.15, -0.1) is 0 Å². The van der Waals surface area contributed by atoms with E-state index < -0.39 is 0 Å². The molecule has 1 fully saturated rings. The molecule has 110 valence electrons. The molecule has 1 aliphatic rings. The van der Waals surface area contributed by atoms with Crippen LogP contribution in [0, 0.1) is 0 Å². The van der Waals surface area contributed by atoms with E-state index in [0.29, 0.717) is 6.42 Å². The molecule has 6 heteroatoms. The van der Waals surface area contributed by atoms with Crippen molar-refractivity contribution < 1.29 is 10.0 Å². The van der Waals surface area contributed by atoms with Crippen LogP contribution >= 0.6 is 0 Å². The minimum absolute atomic E-state index is 0.0552. The van der Waals surface area contributed by atoms with E-state index in [-0.39, 0.29) is 23.8 Å². The van der Waals surface area contributed by atoms with Crippen LogP contribution in [0.15, 0.2) is 5.16 Å². The van der Waals surface area contributed by atoms with Crippen molar-refractivity contribution in [3.8, 4) is 0 Å². The van der Waals surface area contributed by atoms with Crippen LogP contribution in [0.5, 0.6) is 0 Å². The lowest BCUT2D eigenvalue weighted by Crippen LogP contribution is -2.50. The van der Waals surface area contributed by atoms with Crippen molar-refractivity contribution in [2.45, 2.75) is 58.0 Å². The number of likely N-dealkylation sites (tertiary alicyclic amines) is 1. The van der Waals surface area contributed by atoms with Crippen LogP contribution in [0.1, 0.15) is 46.0 Å². The molecule has 1 amide bonds. The molecule has 19 heavy (non-hydrogen) atoms. The molecule has 2 unspecified atom stereocenters. The largest absolute Gasteiger partial charge is 0.409 e. The van der Waals surface area contributed by atoms with Gasteiger partial charge in [0.05, 0.1) is 6.04 Å². The summed E-state index contributed by atoms with van der Waals surface area (Å²) < 4.78 is 0. The number of oxime groups is 1. The van der Waals surface area contributed by atoms with E-state index in [9.17, 15) is 4.79 Å². The molecule has 1 heterocycles. The maximum absolute atomic E-state index is 12.3. The van der Waals surface area contributed by atoms with E-state index in [1.54, 1.807) is 0 Å². The first-order valence-electron chi connectivity index (χ1n) is 7.09. The number of nitrogens with two attached hydrogens (primary N) is 1. The lowest BCUT2D eigenvalue weighted by atomic mass is 10.1. The second-order valence-electron chi connectivity index (χ2n) is 5.17. The van der Waals surface area contributed by atoms with Crippen molar-refractivity contribution >= 4 is 11.7 Å². The maximum atomic E-state index is 12.3. The Hall–Kier alpha value is -1.30. The van der Waals surface area contributed by atoms with E-state index in [2.05, 4.69) is 10.5 Å². The van der Waals surface area contributed by atoms with Gasteiger partial charge in [-0.25, -0.2) is 0 Å². The van der Waals surface area contributed by atoms with Crippen LogP contribution in [0.2, 0.25) is 0 Å². The number of nitrogens with zero attached hydrogens (tertiary/aromatic N) is 2. The molecular weight excluding hydrogens is 244 g/mol. The molecule has 0 spiro atoms. The third-order valence-electron chi connectivity index (χ3n) is 3.60. The molecule has 0 bridgehead atoms. The Balaban J connectivity index is 2.46. The van der Waals surface area contributed by atoms with Crippen molar-refractivity contribution in [2.24, 2.45) is 10.9 Å². The molecule has 1 rings (SSSR count). The Morgan fingerprint density at radius 1 is 1.42 bits per heavy atom. The van der Waals surface area contributed by atoms with Crippen molar-refractivity contribution in [1.82, 2.24) is 10.2 Å². The Morgan fingerprint density at radius 2 is 2.05 bits per heavy atom. The number of amides is 1. The minimum Gasteiger partial charge on any atom is -0.409 e. The first-order valence-corrected chi connectivity index (χ1v) is 7.09. The number of carbonyl (C=O) groups excluding carboxylic acids is 1. The molecule has 2 atom stereocenters. The molecular formula is C13H26N4O2. The zero-order valence-electron chi connectivity index (χ0n) is 11.9. The van der Waals surface area contributed by atoms with Gasteiger partial charge >= 0.3 is 0 Å². The summed E-state index contributed by atoms with van der Waals surface area (Å²) in [4.78, 5) is 14.2. The summed E-state index contributed by atoms with van der Waals surface area (Å²) in [6.45, 7) is 5.62. The summed E-state index contributed by atoms with van der Waals surface area (Å²) in [7, 11) is 0. The standard InChI is InChI=1S/C13H26N4O2/c1-3-11(9-12(14)16-19)15-10(2)13(18)17-7-5-4-6-8-17/h10-11,15,19H,3-9H2,1-2H3,(H2,14,16). The molecule has 0 aromatic heterocycles. The van der Waals surface area contributed by atoms with Gasteiger partial charge in [0.25, 0.3) is 0 Å². The second kappa shape index (κ2) is 7.99. The number of hydrogen-bond acceptors (Lipinski definition) is 4. The second-order valence-corrected chi connectivity index (χ2v) is 5.17. The van der Waals surface area contributed by atoms with Gasteiger partial charge in [0.2, 0.25) is 5.91 Å². The van der Waals surface area contributed by atoms with Crippen LogP contribution < -0.4 is 11.1 Å². The SMILES string of the molecule is CCC(CC(N)=NO)NC(C)C(=O)N1CCCCC1.